The van der Waals surface area contributed by atoms with Crippen molar-refractivity contribution in [3.8, 4) is 6.07 Å². The minimum Gasteiger partial charge on any atom is -0.379 e. The zero-order chi connectivity index (χ0) is 13.4. The van der Waals surface area contributed by atoms with Crippen LogP contribution in [-0.4, -0.2) is 36.6 Å². The van der Waals surface area contributed by atoms with Gasteiger partial charge in [-0.3, -0.25) is 4.79 Å². The summed E-state index contributed by atoms with van der Waals surface area (Å²) in [5.41, 5.74) is 1.12. The Bertz CT molecular complexity index is 549. The van der Waals surface area contributed by atoms with E-state index in [1.165, 1.54) is 0 Å². The fourth-order valence-corrected chi connectivity index (χ4v) is 3.41. The number of fused-ring (bicyclic) bond motifs is 2. The summed E-state index contributed by atoms with van der Waals surface area (Å²) in [5.74, 6) is 0.490. The van der Waals surface area contributed by atoms with Gasteiger partial charge in [-0.05, 0) is 31.0 Å². The lowest BCUT2D eigenvalue weighted by Crippen LogP contribution is -2.39. The number of rotatable bonds is 2. The van der Waals surface area contributed by atoms with Gasteiger partial charge in [0.15, 0.2) is 0 Å². The second-order valence-electron chi connectivity index (χ2n) is 5.26. The number of amides is 1. The van der Waals surface area contributed by atoms with Gasteiger partial charge in [-0.2, -0.15) is 5.26 Å². The minimum atomic E-state index is 0.0198. The first kappa shape index (κ1) is 12.2. The second kappa shape index (κ2) is 4.67. The molecule has 0 spiro atoms. The number of piperidine rings is 1. The van der Waals surface area contributed by atoms with E-state index >= 15 is 0 Å². The fraction of sp³-hybridized carbons (Fsp3) is 0.467. The molecule has 3 atom stereocenters. The van der Waals surface area contributed by atoms with Crippen molar-refractivity contribution < 1.29 is 9.53 Å². The third kappa shape index (κ3) is 1.91. The maximum atomic E-state index is 12.5. The number of methoxy groups -OCH3 is 1. The number of nitrogens with zero attached hydrogens (tertiary/aromatic N) is 2. The molecular weight excluding hydrogens is 240 g/mol. The Kier molecular flexibility index (Phi) is 3.00. The molecule has 4 heteroatoms. The lowest BCUT2D eigenvalue weighted by Gasteiger charge is -2.27. The van der Waals surface area contributed by atoms with Crippen molar-refractivity contribution in [2.75, 3.05) is 13.7 Å². The average Bonchev–Trinajstić information content (AvgIpc) is 3.03. The van der Waals surface area contributed by atoms with Crippen LogP contribution in [0.4, 0.5) is 0 Å². The summed E-state index contributed by atoms with van der Waals surface area (Å²) >= 11 is 0. The van der Waals surface area contributed by atoms with Crippen LogP contribution in [0.25, 0.3) is 0 Å². The third-order valence-electron chi connectivity index (χ3n) is 4.28. The molecule has 19 heavy (non-hydrogen) atoms. The molecule has 1 aromatic rings. The summed E-state index contributed by atoms with van der Waals surface area (Å²) in [6.07, 6.45) is 2.35. The number of likely N-dealkylation sites (tertiary alicyclic amines) is 1. The van der Waals surface area contributed by atoms with Crippen LogP contribution in [0.5, 0.6) is 0 Å². The molecule has 2 aliphatic rings. The monoisotopic (exact) mass is 256 g/mol. The highest BCUT2D eigenvalue weighted by atomic mass is 16.5. The van der Waals surface area contributed by atoms with Crippen molar-refractivity contribution in [3.05, 3.63) is 35.4 Å². The van der Waals surface area contributed by atoms with Crippen LogP contribution in [-0.2, 0) is 4.74 Å². The lowest BCUT2D eigenvalue weighted by molar-refractivity contribution is 0.0546. The Balaban J connectivity index is 1.84. The third-order valence-corrected chi connectivity index (χ3v) is 4.28. The van der Waals surface area contributed by atoms with Crippen molar-refractivity contribution in [2.45, 2.75) is 25.0 Å². The molecule has 1 aliphatic carbocycles. The number of hydrogen-bond acceptors (Lipinski definition) is 3. The number of carbonyl (C=O) groups excluding carboxylic acids is 1. The van der Waals surface area contributed by atoms with Crippen LogP contribution in [0.2, 0.25) is 0 Å². The van der Waals surface area contributed by atoms with Gasteiger partial charge in [0.2, 0.25) is 0 Å². The van der Waals surface area contributed by atoms with E-state index in [0.29, 0.717) is 17.0 Å². The number of carbonyl (C=O) groups is 1. The van der Waals surface area contributed by atoms with Gasteiger partial charge in [0.1, 0.15) is 0 Å². The average molecular weight is 256 g/mol. The van der Waals surface area contributed by atoms with E-state index in [-0.39, 0.29) is 18.1 Å². The van der Waals surface area contributed by atoms with Gasteiger partial charge in [0.25, 0.3) is 5.91 Å². The SMILES string of the molecule is CO[C@@H]1[C@H]2CC[C@H]1N(C(=O)c1cccc(C#N)c1)C2. The molecule has 0 aromatic heterocycles. The Hall–Kier alpha value is -1.86. The molecule has 4 nitrogen and oxygen atoms in total. The van der Waals surface area contributed by atoms with E-state index in [9.17, 15) is 4.79 Å². The molecule has 2 bridgehead atoms. The number of hydrogen-bond donors (Lipinski definition) is 0. The Morgan fingerprint density at radius 1 is 1.47 bits per heavy atom. The first-order valence-electron chi connectivity index (χ1n) is 6.58. The molecule has 2 fully saturated rings. The Labute approximate surface area is 112 Å². The van der Waals surface area contributed by atoms with Crippen LogP contribution in [0.1, 0.15) is 28.8 Å². The lowest BCUT2D eigenvalue weighted by atomic mass is 10.1. The van der Waals surface area contributed by atoms with Crippen molar-refractivity contribution in [1.82, 2.24) is 4.90 Å². The highest BCUT2D eigenvalue weighted by molar-refractivity contribution is 5.95. The van der Waals surface area contributed by atoms with Crippen LogP contribution >= 0.6 is 0 Å². The highest BCUT2D eigenvalue weighted by Gasteiger charge is 2.49. The van der Waals surface area contributed by atoms with Crippen LogP contribution < -0.4 is 0 Å². The quantitative estimate of drug-likeness (QED) is 0.811. The van der Waals surface area contributed by atoms with Gasteiger partial charge in [0.05, 0.1) is 23.8 Å². The standard InChI is InChI=1S/C15H16N2O2/c1-19-14-12-5-6-13(14)17(9-12)15(18)11-4-2-3-10(7-11)8-16/h2-4,7,12-14H,5-6,9H2,1H3/t12-,13+,14+/m0/s1. The molecule has 0 N–H and O–H groups in total. The van der Waals surface area contributed by atoms with Crippen molar-refractivity contribution in [1.29, 1.82) is 5.26 Å². The van der Waals surface area contributed by atoms with E-state index in [1.807, 2.05) is 4.90 Å². The molecule has 1 saturated heterocycles. The molecular formula is C15H16N2O2. The summed E-state index contributed by atoms with van der Waals surface area (Å²) in [7, 11) is 1.72. The molecule has 0 unspecified atom stereocenters. The van der Waals surface area contributed by atoms with Gasteiger partial charge >= 0.3 is 0 Å². The van der Waals surface area contributed by atoms with Crippen LogP contribution in [0, 0.1) is 17.2 Å². The van der Waals surface area contributed by atoms with Gasteiger partial charge in [-0.15, -0.1) is 0 Å². The minimum absolute atomic E-state index is 0.0198. The van der Waals surface area contributed by atoms with Gasteiger partial charge in [-0.1, -0.05) is 6.07 Å². The Morgan fingerprint density at radius 2 is 2.32 bits per heavy atom. The number of ether oxygens (including phenoxy) is 1. The summed E-state index contributed by atoms with van der Waals surface area (Å²) in [5, 5.41) is 8.90. The molecule has 1 aromatic carbocycles. The largest absolute Gasteiger partial charge is 0.379 e. The Morgan fingerprint density at radius 3 is 3.00 bits per heavy atom. The topological polar surface area (TPSA) is 53.3 Å². The van der Waals surface area contributed by atoms with E-state index in [4.69, 9.17) is 10.00 Å². The zero-order valence-electron chi connectivity index (χ0n) is 10.9. The van der Waals surface area contributed by atoms with E-state index in [0.717, 1.165) is 19.4 Å². The fourth-order valence-electron chi connectivity index (χ4n) is 3.41. The molecule has 1 saturated carbocycles. The normalized spacial score (nSPS) is 28.4. The summed E-state index contributed by atoms with van der Waals surface area (Å²) in [6.45, 7) is 0.777. The van der Waals surface area contributed by atoms with Gasteiger partial charge in [0, 0.05) is 25.1 Å². The van der Waals surface area contributed by atoms with Crippen molar-refractivity contribution in [2.24, 2.45) is 5.92 Å². The van der Waals surface area contributed by atoms with E-state index in [1.54, 1.807) is 31.4 Å². The van der Waals surface area contributed by atoms with Gasteiger partial charge < -0.3 is 9.64 Å². The molecule has 3 rings (SSSR count). The molecule has 1 aliphatic heterocycles. The molecule has 1 heterocycles. The van der Waals surface area contributed by atoms with Crippen molar-refractivity contribution >= 4 is 5.91 Å². The van der Waals surface area contributed by atoms with Crippen LogP contribution in [0.15, 0.2) is 24.3 Å². The van der Waals surface area contributed by atoms with E-state index < -0.39 is 0 Å². The first-order chi connectivity index (χ1) is 9.24. The molecule has 0 radical (unpaired) electrons. The predicted octanol–water partition coefficient (Wildman–Crippen LogP) is 1.81. The first-order valence-corrected chi connectivity index (χ1v) is 6.58. The number of nitriles is 1. The zero-order valence-corrected chi connectivity index (χ0v) is 10.9. The van der Waals surface area contributed by atoms with Gasteiger partial charge in [-0.25, -0.2) is 0 Å². The predicted molar refractivity (Wildman–Crippen MR) is 69.5 cm³/mol. The van der Waals surface area contributed by atoms with Crippen molar-refractivity contribution in [3.63, 3.8) is 0 Å². The highest BCUT2D eigenvalue weighted by Crippen LogP contribution is 2.40. The molecule has 1 amide bonds. The maximum Gasteiger partial charge on any atom is 0.254 e. The summed E-state index contributed by atoms with van der Waals surface area (Å²) < 4.78 is 5.51. The summed E-state index contributed by atoms with van der Waals surface area (Å²) in [4.78, 5) is 14.4. The van der Waals surface area contributed by atoms with E-state index in [2.05, 4.69) is 6.07 Å². The maximum absolute atomic E-state index is 12.5. The number of benzene rings is 1. The second-order valence-corrected chi connectivity index (χ2v) is 5.26. The smallest absolute Gasteiger partial charge is 0.254 e. The summed E-state index contributed by atoms with van der Waals surface area (Å²) in [6, 6.07) is 9.18. The molecule has 98 valence electrons. The van der Waals surface area contributed by atoms with Crippen LogP contribution in [0.3, 0.4) is 0 Å².